The lowest BCUT2D eigenvalue weighted by Gasteiger charge is -2.21. The second-order valence-corrected chi connectivity index (χ2v) is 6.73. The van der Waals surface area contributed by atoms with Gasteiger partial charge in [-0.05, 0) is 37.1 Å². The van der Waals surface area contributed by atoms with Gasteiger partial charge >= 0.3 is 0 Å². The molecule has 3 heterocycles. The van der Waals surface area contributed by atoms with Crippen LogP contribution < -0.4 is 14.8 Å². The largest absolute Gasteiger partial charge is 0.493 e. The van der Waals surface area contributed by atoms with Crippen LogP contribution in [0.5, 0.6) is 11.5 Å². The summed E-state index contributed by atoms with van der Waals surface area (Å²) in [5.41, 5.74) is 2.36. The van der Waals surface area contributed by atoms with E-state index in [1.54, 1.807) is 19.2 Å². The van der Waals surface area contributed by atoms with E-state index in [9.17, 15) is 4.79 Å². The molecule has 0 spiro atoms. The van der Waals surface area contributed by atoms with E-state index in [2.05, 4.69) is 10.3 Å². The number of ether oxygens (including phenoxy) is 3. The summed E-state index contributed by atoms with van der Waals surface area (Å²) in [6, 6.07) is 11.2. The summed E-state index contributed by atoms with van der Waals surface area (Å²) in [4.78, 5) is 17.0. The van der Waals surface area contributed by atoms with Crippen molar-refractivity contribution in [3.8, 4) is 11.5 Å². The van der Waals surface area contributed by atoms with Crippen molar-refractivity contribution in [3.05, 3.63) is 54.5 Å². The van der Waals surface area contributed by atoms with Crippen LogP contribution in [0.1, 0.15) is 18.5 Å². The second kappa shape index (κ2) is 8.31. The number of hydrogen-bond acceptors (Lipinski definition) is 5. The molecule has 28 heavy (non-hydrogen) atoms. The third kappa shape index (κ3) is 4.09. The zero-order chi connectivity index (χ0) is 19.3. The van der Waals surface area contributed by atoms with Crippen LogP contribution >= 0.6 is 0 Å². The SMILES string of the molecule is COc1ccc(NC(=O)C2CCOCC2)cc1OCc1cn2ccccc2n1. The summed E-state index contributed by atoms with van der Waals surface area (Å²) < 4.78 is 18.6. The first-order chi connectivity index (χ1) is 13.7. The first-order valence-electron chi connectivity index (χ1n) is 9.35. The topological polar surface area (TPSA) is 74.1 Å². The summed E-state index contributed by atoms with van der Waals surface area (Å²) in [6.45, 7) is 1.57. The van der Waals surface area contributed by atoms with E-state index in [4.69, 9.17) is 14.2 Å². The Morgan fingerprint density at radius 2 is 2.11 bits per heavy atom. The Bertz CT molecular complexity index is 930. The number of carbonyl (C=O) groups is 1. The highest BCUT2D eigenvalue weighted by Gasteiger charge is 2.22. The van der Waals surface area contributed by atoms with Gasteiger partial charge in [-0.15, -0.1) is 0 Å². The Hall–Kier alpha value is -3.06. The molecule has 1 N–H and O–H groups in total. The number of rotatable bonds is 6. The van der Waals surface area contributed by atoms with Gasteiger partial charge < -0.3 is 23.9 Å². The number of imidazole rings is 1. The monoisotopic (exact) mass is 381 g/mol. The summed E-state index contributed by atoms with van der Waals surface area (Å²) in [5, 5.41) is 2.97. The highest BCUT2D eigenvalue weighted by atomic mass is 16.5. The third-order valence-electron chi connectivity index (χ3n) is 4.81. The molecule has 0 saturated carbocycles. The summed E-state index contributed by atoms with van der Waals surface area (Å²) in [5.74, 6) is 1.16. The molecule has 1 saturated heterocycles. The number of anilines is 1. The first kappa shape index (κ1) is 18.3. The van der Waals surface area contributed by atoms with E-state index in [-0.39, 0.29) is 11.8 Å². The molecule has 3 aromatic rings. The van der Waals surface area contributed by atoms with Crippen molar-refractivity contribution < 1.29 is 19.0 Å². The van der Waals surface area contributed by atoms with Crippen LogP contribution in [0, 0.1) is 5.92 Å². The van der Waals surface area contributed by atoms with Gasteiger partial charge in [0.15, 0.2) is 11.5 Å². The molecule has 146 valence electrons. The van der Waals surface area contributed by atoms with Crippen molar-refractivity contribution in [1.29, 1.82) is 0 Å². The summed E-state index contributed by atoms with van der Waals surface area (Å²) in [7, 11) is 1.59. The maximum atomic E-state index is 12.5. The number of pyridine rings is 1. The number of aromatic nitrogens is 2. The summed E-state index contributed by atoms with van der Waals surface area (Å²) in [6.07, 6.45) is 5.37. The molecule has 0 bridgehead atoms. The number of hydrogen-bond donors (Lipinski definition) is 1. The lowest BCUT2D eigenvalue weighted by Crippen LogP contribution is -2.28. The normalized spacial score (nSPS) is 14.8. The number of amides is 1. The van der Waals surface area contributed by atoms with E-state index in [1.165, 1.54) is 0 Å². The van der Waals surface area contributed by atoms with Gasteiger partial charge in [0, 0.05) is 43.3 Å². The Morgan fingerprint density at radius 3 is 2.89 bits per heavy atom. The Morgan fingerprint density at radius 1 is 1.25 bits per heavy atom. The predicted octanol–water partition coefficient (Wildman–Crippen LogP) is 3.29. The molecule has 0 aliphatic carbocycles. The lowest BCUT2D eigenvalue weighted by molar-refractivity contribution is -0.122. The van der Waals surface area contributed by atoms with Crippen molar-refractivity contribution in [2.75, 3.05) is 25.6 Å². The van der Waals surface area contributed by atoms with Crippen molar-refractivity contribution in [2.24, 2.45) is 5.92 Å². The van der Waals surface area contributed by atoms with Gasteiger partial charge in [-0.3, -0.25) is 4.79 Å². The zero-order valence-electron chi connectivity index (χ0n) is 15.8. The molecular weight excluding hydrogens is 358 g/mol. The molecule has 1 amide bonds. The number of fused-ring (bicyclic) bond motifs is 1. The van der Waals surface area contributed by atoms with Crippen molar-refractivity contribution in [2.45, 2.75) is 19.4 Å². The standard InChI is InChI=1S/C21H23N3O4/c1-26-18-6-5-16(23-21(25)15-7-10-27-11-8-15)12-19(18)28-14-17-13-24-9-3-2-4-20(24)22-17/h2-6,9,12-13,15H,7-8,10-11,14H2,1H3,(H,23,25). The van der Waals surface area contributed by atoms with Crippen LogP contribution in [0.4, 0.5) is 5.69 Å². The quantitative estimate of drug-likeness (QED) is 0.709. The fraction of sp³-hybridized carbons (Fsp3) is 0.333. The first-order valence-corrected chi connectivity index (χ1v) is 9.35. The highest BCUT2D eigenvalue weighted by Crippen LogP contribution is 2.31. The van der Waals surface area contributed by atoms with E-state index in [1.807, 2.05) is 41.1 Å². The Kier molecular flexibility index (Phi) is 5.43. The van der Waals surface area contributed by atoms with Gasteiger partial charge in [-0.25, -0.2) is 4.98 Å². The number of nitrogens with one attached hydrogen (secondary N) is 1. The number of carbonyl (C=O) groups excluding carboxylic acids is 1. The van der Waals surface area contributed by atoms with Crippen LogP contribution in [-0.2, 0) is 16.1 Å². The number of methoxy groups -OCH3 is 1. The molecule has 1 aliphatic rings. The molecule has 2 aromatic heterocycles. The van der Waals surface area contributed by atoms with Crippen molar-refractivity contribution in [3.63, 3.8) is 0 Å². The third-order valence-corrected chi connectivity index (χ3v) is 4.81. The summed E-state index contributed by atoms with van der Waals surface area (Å²) >= 11 is 0. The maximum Gasteiger partial charge on any atom is 0.227 e. The fourth-order valence-electron chi connectivity index (χ4n) is 3.28. The van der Waals surface area contributed by atoms with Crippen LogP contribution in [0.2, 0.25) is 0 Å². The van der Waals surface area contributed by atoms with E-state index < -0.39 is 0 Å². The van der Waals surface area contributed by atoms with E-state index >= 15 is 0 Å². The molecule has 1 aliphatic heterocycles. The average molecular weight is 381 g/mol. The molecule has 0 radical (unpaired) electrons. The minimum absolute atomic E-state index is 0.0137. The zero-order valence-corrected chi connectivity index (χ0v) is 15.8. The smallest absolute Gasteiger partial charge is 0.227 e. The molecule has 7 heteroatoms. The number of benzene rings is 1. The van der Waals surface area contributed by atoms with Gasteiger partial charge in [0.1, 0.15) is 12.3 Å². The van der Waals surface area contributed by atoms with Gasteiger partial charge in [-0.2, -0.15) is 0 Å². The molecule has 7 nitrogen and oxygen atoms in total. The van der Waals surface area contributed by atoms with Gasteiger partial charge in [-0.1, -0.05) is 6.07 Å². The average Bonchev–Trinajstić information content (AvgIpc) is 3.16. The Balaban J connectivity index is 1.46. The van der Waals surface area contributed by atoms with Crippen LogP contribution in [-0.4, -0.2) is 35.6 Å². The second-order valence-electron chi connectivity index (χ2n) is 6.73. The lowest BCUT2D eigenvalue weighted by atomic mass is 9.99. The van der Waals surface area contributed by atoms with E-state index in [0.717, 1.165) is 24.2 Å². The van der Waals surface area contributed by atoms with Gasteiger partial charge in [0.2, 0.25) is 5.91 Å². The van der Waals surface area contributed by atoms with Crippen molar-refractivity contribution >= 4 is 17.2 Å². The minimum atomic E-state index is -0.0156. The molecule has 4 rings (SSSR count). The van der Waals surface area contributed by atoms with Crippen LogP contribution in [0.25, 0.3) is 5.65 Å². The fourth-order valence-corrected chi connectivity index (χ4v) is 3.28. The predicted molar refractivity (Wildman–Crippen MR) is 105 cm³/mol. The van der Waals surface area contributed by atoms with E-state index in [0.29, 0.717) is 37.0 Å². The highest BCUT2D eigenvalue weighted by molar-refractivity contribution is 5.92. The molecule has 0 unspecified atom stereocenters. The number of nitrogens with zero attached hydrogens (tertiary/aromatic N) is 2. The van der Waals surface area contributed by atoms with Gasteiger partial charge in [0.05, 0.1) is 12.8 Å². The van der Waals surface area contributed by atoms with Crippen LogP contribution in [0.3, 0.4) is 0 Å². The van der Waals surface area contributed by atoms with Crippen LogP contribution in [0.15, 0.2) is 48.8 Å². The van der Waals surface area contributed by atoms with Gasteiger partial charge in [0.25, 0.3) is 0 Å². The molecule has 1 aromatic carbocycles. The molecule has 1 fully saturated rings. The maximum absolute atomic E-state index is 12.5. The Labute approximate surface area is 163 Å². The minimum Gasteiger partial charge on any atom is -0.493 e. The molecule has 0 atom stereocenters. The van der Waals surface area contributed by atoms with Crippen molar-refractivity contribution in [1.82, 2.24) is 9.38 Å². The molecular formula is C21H23N3O4.